The lowest BCUT2D eigenvalue weighted by Gasteiger charge is -2.26. The molecule has 1 heterocycles. The molecule has 29 heavy (non-hydrogen) atoms. The highest BCUT2D eigenvalue weighted by molar-refractivity contribution is 14.1. The minimum atomic E-state index is -0.896. The topological polar surface area (TPSA) is 75.7 Å². The fourth-order valence-electron chi connectivity index (χ4n) is 2.59. The standard InChI is InChI=1S/C20H13BrFIN2O4/c1-2-7-29-17-15(21)9-11(10-16(17)23)8-14-18(26)24-20(28)25(19(14)27)13-5-3-12(22)4-6-13/h2-6,8-10H,1,7H2,(H,24,26,28)/b14-8+. The Kier molecular flexibility index (Phi) is 6.48. The van der Waals surface area contributed by atoms with E-state index in [1.165, 1.54) is 18.2 Å². The highest BCUT2D eigenvalue weighted by Crippen LogP contribution is 2.33. The summed E-state index contributed by atoms with van der Waals surface area (Å²) in [5, 5.41) is 2.13. The fraction of sp³-hybridized carbons (Fsp3) is 0.0500. The summed E-state index contributed by atoms with van der Waals surface area (Å²) in [6, 6.07) is 7.33. The van der Waals surface area contributed by atoms with E-state index in [9.17, 15) is 18.8 Å². The van der Waals surface area contributed by atoms with Crippen LogP contribution in [0.1, 0.15) is 5.56 Å². The predicted octanol–water partition coefficient (Wildman–Crippen LogP) is 4.42. The van der Waals surface area contributed by atoms with Gasteiger partial charge in [-0.3, -0.25) is 14.9 Å². The first-order chi connectivity index (χ1) is 13.8. The van der Waals surface area contributed by atoms with Crippen LogP contribution in [0, 0.1) is 9.39 Å². The van der Waals surface area contributed by atoms with Crippen LogP contribution in [0.4, 0.5) is 14.9 Å². The zero-order valence-corrected chi connectivity index (χ0v) is 18.5. The van der Waals surface area contributed by atoms with E-state index in [0.717, 1.165) is 20.6 Å². The molecule has 0 aliphatic carbocycles. The SMILES string of the molecule is C=CCOc1c(Br)cc(/C=C2\C(=O)NC(=O)N(c3ccc(F)cc3)C2=O)cc1I. The number of anilines is 1. The van der Waals surface area contributed by atoms with Crippen molar-refractivity contribution in [3.05, 3.63) is 74.0 Å². The van der Waals surface area contributed by atoms with Crippen LogP contribution < -0.4 is 15.0 Å². The molecule has 0 radical (unpaired) electrons. The highest BCUT2D eigenvalue weighted by Gasteiger charge is 2.36. The first-order valence-corrected chi connectivity index (χ1v) is 10.1. The largest absolute Gasteiger partial charge is 0.487 e. The van der Waals surface area contributed by atoms with Gasteiger partial charge in [-0.25, -0.2) is 14.1 Å². The van der Waals surface area contributed by atoms with Crippen molar-refractivity contribution < 1.29 is 23.5 Å². The number of urea groups is 1. The Hall–Kier alpha value is -2.53. The summed E-state index contributed by atoms with van der Waals surface area (Å²) in [6.45, 7) is 3.93. The van der Waals surface area contributed by atoms with Gasteiger partial charge < -0.3 is 4.74 Å². The van der Waals surface area contributed by atoms with Crippen LogP contribution in [0.25, 0.3) is 6.08 Å². The van der Waals surface area contributed by atoms with Gasteiger partial charge in [-0.05, 0) is 86.6 Å². The number of carbonyl (C=O) groups is 3. The molecule has 0 saturated carbocycles. The maximum atomic E-state index is 13.2. The molecule has 0 bridgehead atoms. The molecule has 0 unspecified atom stereocenters. The Balaban J connectivity index is 1.98. The Morgan fingerprint density at radius 1 is 1.21 bits per heavy atom. The number of amides is 4. The molecule has 9 heteroatoms. The number of hydrogen-bond donors (Lipinski definition) is 1. The molecule has 1 saturated heterocycles. The van der Waals surface area contributed by atoms with Gasteiger partial charge in [0.15, 0.2) is 0 Å². The van der Waals surface area contributed by atoms with E-state index in [0.29, 0.717) is 22.4 Å². The highest BCUT2D eigenvalue weighted by atomic mass is 127. The van der Waals surface area contributed by atoms with Gasteiger partial charge in [0.25, 0.3) is 11.8 Å². The van der Waals surface area contributed by atoms with Crippen molar-refractivity contribution >= 4 is 68.1 Å². The lowest BCUT2D eigenvalue weighted by atomic mass is 10.1. The van der Waals surface area contributed by atoms with Crippen LogP contribution >= 0.6 is 38.5 Å². The van der Waals surface area contributed by atoms with Gasteiger partial charge in [0.05, 0.1) is 13.7 Å². The lowest BCUT2D eigenvalue weighted by Crippen LogP contribution is -2.54. The first-order valence-electron chi connectivity index (χ1n) is 8.21. The van der Waals surface area contributed by atoms with Crippen molar-refractivity contribution in [2.75, 3.05) is 11.5 Å². The van der Waals surface area contributed by atoms with Crippen molar-refractivity contribution in [2.24, 2.45) is 0 Å². The molecule has 1 aliphatic heterocycles. The maximum Gasteiger partial charge on any atom is 0.335 e. The molecular formula is C20H13BrFIN2O4. The molecule has 4 amide bonds. The smallest absolute Gasteiger partial charge is 0.335 e. The summed E-state index contributed by atoms with van der Waals surface area (Å²) >= 11 is 5.48. The van der Waals surface area contributed by atoms with E-state index in [-0.39, 0.29) is 11.3 Å². The van der Waals surface area contributed by atoms with Gasteiger partial charge in [-0.1, -0.05) is 12.7 Å². The minimum absolute atomic E-state index is 0.149. The van der Waals surface area contributed by atoms with Crippen molar-refractivity contribution in [1.29, 1.82) is 0 Å². The second kappa shape index (κ2) is 8.87. The number of benzene rings is 2. The Labute approximate surface area is 187 Å². The summed E-state index contributed by atoms with van der Waals surface area (Å²) in [5.74, 6) is -1.52. The Morgan fingerprint density at radius 3 is 2.52 bits per heavy atom. The summed E-state index contributed by atoms with van der Waals surface area (Å²) in [5.41, 5.74) is 0.478. The molecule has 6 nitrogen and oxygen atoms in total. The average molecular weight is 571 g/mol. The number of imide groups is 2. The minimum Gasteiger partial charge on any atom is -0.487 e. The summed E-state index contributed by atoms with van der Waals surface area (Å²) in [7, 11) is 0. The van der Waals surface area contributed by atoms with Crippen LogP contribution in [0.5, 0.6) is 5.75 Å². The number of ether oxygens (including phenoxy) is 1. The predicted molar refractivity (Wildman–Crippen MR) is 118 cm³/mol. The van der Waals surface area contributed by atoms with Gasteiger partial charge in [0.1, 0.15) is 23.7 Å². The van der Waals surface area contributed by atoms with Gasteiger partial charge >= 0.3 is 6.03 Å². The van der Waals surface area contributed by atoms with Crippen molar-refractivity contribution in [3.8, 4) is 5.75 Å². The first kappa shape index (κ1) is 21.2. The van der Waals surface area contributed by atoms with E-state index < -0.39 is 23.7 Å². The third-order valence-electron chi connectivity index (χ3n) is 3.86. The molecule has 0 atom stereocenters. The van der Waals surface area contributed by atoms with E-state index in [1.807, 2.05) is 0 Å². The second-order valence-corrected chi connectivity index (χ2v) is 7.86. The zero-order valence-electron chi connectivity index (χ0n) is 14.7. The normalized spacial score (nSPS) is 15.5. The van der Waals surface area contributed by atoms with Crippen molar-refractivity contribution in [3.63, 3.8) is 0 Å². The van der Waals surface area contributed by atoms with E-state index >= 15 is 0 Å². The third kappa shape index (κ3) is 4.56. The summed E-state index contributed by atoms with van der Waals surface area (Å²) in [4.78, 5) is 38.1. The number of rotatable bonds is 5. The van der Waals surface area contributed by atoms with Crippen LogP contribution in [0.2, 0.25) is 0 Å². The lowest BCUT2D eigenvalue weighted by molar-refractivity contribution is -0.122. The fourth-order valence-corrected chi connectivity index (χ4v) is 4.36. The van der Waals surface area contributed by atoms with Crippen molar-refractivity contribution in [2.45, 2.75) is 0 Å². The number of hydrogen-bond acceptors (Lipinski definition) is 4. The van der Waals surface area contributed by atoms with Crippen LogP contribution in [-0.2, 0) is 9.59 Å². The van der Waals surface area contributed by atoms with Gasteiger partial charge in [0, 0.05) is 0 Å². The van der Waals surface area contributed by atoms with Gasteiger partial charge in [-0.15, -0.1) is 0 Å². The van der Waals surface area contributed by atoms with Crippen LogP contribution in [-0.4, -0.2) is 24.5 Å². The van der Waals surface area contributed by atoms with Crippen LogP contribution in [0.15, 0.2) is 59.1 Å². The Bertz CT molecular complexity index is 1030. The second-order valence-electron chi connectivity index (χ2n) is 5.85. The molecule has 3 rings (SSSR count). The summed E-state index contributed by atoms with van der Waals surface area (Å²) < 4.78 is 20.1. The monoisotopic (exact) mass is 570 g/mol. The number of barbiturate groups is 1. The molecule has 1 aliphatic rings. The molecule has 1 N–H and O–H groups in total. The molecule has 2 aromatic rings. The zero-order chi connectivity index (χ0) is 21.1. The van der Waals surface area contributed by atoms with Crippen LogP contribution in [0.3, 0.4) is 0 Å². The molecule has 0 aromatic heterocycles. The van der Waals surface area contributed by atoms with Gasteiger partial charge in [0.2, 0.25) is 0 Å². The maximum absolute atomic E-state index is 13.2. The quantitative estimate of drug-likeness (QED) is 0.250. The number of nitrogens with one attached hydrogen (secondary N) is 1. The molecule has 2 aromatic carbocycles. The number of nitrogens with zero attached hydrogens (tertiary/aromatic N) is 1. The molecule has 148 valence electrons. The molecular weight excluding hydrogens is 558 g/mol. The van der Waals surface area contributed by atoms with E-state index in [4.69, 9.17) is 4.74 Å². The molecule has 0 spiro atoms. The number of carbonyl (C=O) groups excluding carboxylic acids is 3. The Morgan fingerprint density at radius 2 is 1.90 bits per heavy atom. The average Bonchev–Trinajstić information content (AvgIpc) is 2.66. The van der Waals surface area contributed by atoms with E-state index in [1.54, 1.807) is 18.2 Å². The summed E-state index contributed by atoms with van der Waals surface area (Å²) in [6.07, 6.45) is 3.00. The van der Waals surface area contributed by atoms with Crippen molar-refractivity contribution in [1.82, 2.24) is 5.32 Å². The van der Waals surface area contributed by atoms with E-state index in [2.05, 4.69) is 50.4 Å². The number of halogens is 3. The van der Waals surface area contributed by atoms with Gasteiger partial charge in [-0.2, -0.15) is 0 Å². The molecule has 1 fully saturated rings. The third-order valence-corrected chi connectivity index (χ3v) is 5.25.